The maximum Gasteiger partial charge on any atom is 0.253 e. The van der Waals surface area contributed by atoms with Gasteiger partial charge >= 0.3 is 0 Å². The van der Waals surface area contributed by atoms with Crippen LogP contribution in [0.3, 0.4) is 0 Å². The monoisotopic (exact) mass is 450 g/mol. The van der Waals surface area contributed by atoms with Crippen molar-refractivity contribution >= 4 is 23.6 Å². The highest BCUT2D eigenvalue weighted by Gasteiger charge is 2.22. The van der Waals surface area contributed by atoms with E-state index in [0.717, 1.165) is 16.3 Å². The number of hydrogen-bond donors (Lipinski definition) is 1. The Kier molecular flexibility index (Phi) is 7.16. The summed E-state index contributed by atoms with van der Waals surface area (Å²) in [7, 11) is 0. The normalized spacial score (nSPS) is 13.3. The van der Waals surface area contributed by atoms with Crippen molar-refractivity contribution in [3.05, 3.63) is 71.6 Å². The number of thioether (sulfide) groups is 1. The van der Waals surface area contributed by atoms with Crippen LogP contribution in [-0.4, -0.2) is 55.8 Å². The second kappa shape index (κ2) is 10.4. The van der Waals surface area contributed by atoms with Crippen molar-refractivity contribution in [3.63, 3.8) is 0 Å². The SMILES string of the molecule is CSc1ccc(C(=O)N2CCc3nnc(CNC(=O)CCc4cccnc4)n3CC2)cc1. The number of aromatic nitrogens is 4. The second-order valence-corrected chi connectivity index (χ2v) is 8.47. The van der Waals surface area contributed by atoms with Crippen LogP contribution in [0.1, 0.15) is 34.0 Å². The molecule has 1 N–H and O–H groups in total. The Labute approximate surface area is 191 Å². The molecular formula is C23H26N6O2S. The van der Waals surface area contributed by atoms with E-state index in [1.807, 2.05) is 52.1 Å². The Bertz CT molecular complexity index is 1070. The minimum atomic E-state index is -0.0367. The van der Waals surface area contributed by atoms with E-state index in [4.69, 9.17) is 0 Å². The molecule has 0 spiro atoms. The molecule has 0 unspecified atom stereocenters. The zero-order valence-corrected chi connectivity index (χ0v) is 18.8. The van der Waals surface area contributed by atoms with Crippen LogP contribution in [0.2, 0.25) is 0 Å². The number of hydrogen-bond acceptors (Lipinski definition) is 6. The first-order valence-electron chi connectivity index (χ1n) is 10.6. The summed E-state index contributed by atoms with van der Waals surface area (Å²) in [4.78, 5) is 32.2. The van der Waals surface area contributed by atoms with Crippen LogP contribution in [0, 0.1) is 0 Å². The van der Waals surface area contributed by atoms with Gasteiger partial charge in [0.15, 0.2) is 5.82 Å². The molecule has 2 aromatic heterocycles. The minimum Gasteiger partial charge on any atom is -0.349 e. The molecule has 0 saturated heterocycles. The van der Waals surface area contributed by atoms with Crippen molar-refractivity contribution in [1.29, 1.82) is 0 Å². The van der Waals surface area contributed by atoms with Crippen LogP contribution < -0.4 is 5.32 Å². The van der Waals surface area contributed by atoms with Crippen LogP contribution in [-0.2, 0) is 30.7 Å². The molecule has 1 aliphatic rings. The summed E-state index contributed by atoms with van der Waals surface area (Å²) in [6, 6.07) is 11.5. The Hall–Kier alpha value is -3.20. The lowest BCUT2D eigenvalue weighted by Gasteiger charge is -2.20. The zero-order valence-electron chi connectivity index (χ0n) is 18.0. The average molecular weight is 451 g/mol. The van der Waals surface area contributed by atoms with E-state index < -0.39 is 0 Å². The molecule has 0 saturated carbocycles. The molecule has 9 heteroatoms. The molecule has 4 rings (SSSR count). The molecule has 0 fully saturated rings. The van der Waals surface area contributed by atoms with Crippen LogP contribution in [0.4, 0.5) is 0 Å². The van der Waals surface area contributed by atoms with E-state index in [1.165, 1.54) is 0 Å². The first kappa shape index (κ1) is 22.0. The average Bonchev–Trinajstić information content (AvgIpc) is 3.10. The number of fused-ring (bicyclic) bond motifs is 1. The Balaban J connectivity index is 1.31. The van der Waals surface area contributed by atoms with Gasteiger partial charge in [0, 0.05) is 55.3 Å². The molecule has 166 valence electrons. The molecular weight excluding hydrogens is 424 g/mol. The van der Waals surface area contributed by atoms with Gasteiger partial charge in [0.2, 0.25) is 5.91 Å². The van der Waals surface area contributed by atoms with Gasteiger partial charge in [-0.25, -0.2) is 0 Å². The standard InChI is InChI=1S/C23H26N6O2S/c1-32-19-7-5-18(6-8-19)23(31)28-12-10-20-26-27-21(29(20)14-13-28)16-25-22(30)9-4-17-3-2-11-24-15-17/h2-3,5-8,11,15H,4,9-10,12-14,16H2,1H3,(H,25,30). The second-order valence-electron chi connectivity index (χ2n) is 7.59. The van der Waals surface area contributed by atoms with Gasteiger partial charge in [0.05, 0.1) is 6.54 Å². The first-order valence-corrected chi connectivity index (χ1v) is 11.9. The molecule has 32 heavy (non-hydrogen) atoms. The van der Waals surface area contributed by atoms with Crippen LogP contribution in [0.5, 0.6) is 0 Å². The van der Waals surface area contributed by atoms with Gasteiger partial charge in [-0.1, -0.05) is 6.07 Å². The van der Waals surface area contributed by atoms with Crippen molar-refractivity contribution < 1.29 is 9.59 Å². The number of rotatable bonds is 7. The number of carbonyl (C=O) groups excluding carboxylic acids is 2. The molecule has 1 aliphatic heterocycles. The van der Waals surface area contributed by atoms with E-state index in [2.05, 4.69) is 20.5 Å². The molecule has 1 aromatic carbocycles. The van der Waals surface area contributed by atoms with Gasteiger partial charge in [0.25, 0.3) is 5.91 Å². The van der Waals surface area contributed by atoms with Crippen molar-refractivity contribution in [3.8, 4) is 0 Å². The number of nitrogens with one attached hydrogen (secondary N) is 1. The van der Waals surface area contributed by atoms with Crippen molar-refractivity contribution in [2.24, 2.45) is 0 Å². The molecule has 3 heterocycles. The van der Waals surface area contributed by atoms with Crippen molar-refractivity contribution in [1.82, 2.24) is 30.0 Å². The predicted molar refractivity (Wildman–Crippen MR) is 122 cm³/mol. The molecule has 0 atom stereocenters. The predicted octanol–water partition coefficient (Wildman–Crippen LogP) is 2.34. The molecule has 0 radical (unpaired) electrons. The van der Waals surface area contributed by atoms with Gasteiger partial charge in [-0.05, 0) is 48.6 Å². The van der Waals surface area contributed by atoms with Crippen molar-refractivity contribution in [2.45, 2.75) is 37.2 Å². The number of nitrogens with zero attached hydrogens (tertiary/aromatic N) is 5. The smallest absolute Gasteiger partial charge is 0.253 e. The maximum atomic E-state index is 12.9. The number of aryl methyl sites for hydroxylation is 1. The van der Waals surface area contributed by atoms with E-state index in [9.17, 15) is 9.59 Å². The van der Waals surface area contributed by atoms with Gasteiger partial charge in [0.1, 0.15) is 5.82 Å². The van der Waals surface area contributed by atoms with E-state index in [1.54, 1.807) is 24.2 Å². The lowest BCUT2D eigenvalue weighted by molar-refractivity contribution is -0.121. The quantitative estimate of drug-likeness (QED) is 0.556. The summed E-state index contributed by atoms with van der Waals surface area (Å²) >= 11 is 1.65. The van der Waals surface area contributed by atoms with E-state index in [-0.39, 0.29) is 11.8 Å². The summed E-state index contributed by atoms with van der Waals surface area (Å²) in [5.41, 5.74) is 1.73. The summed E-state index contributed by atoms with van der Waals surface area (Å²) in [5, 5.41) is 11.5. The van der Waals surface area contributed by atoms with Gasteiger partial charge in [-0.2, -0.15) is 0 Å². The van der Waals surface area contributed by atoms with Gasteiger partial charge in [-0.3, -0.25) is 14.6 Å². The third kappa shape index (κ3) is 5.34. The molecule has 3 aromatic rings. The third-order valence-corrected chi connectivity index (χ3v) is 6.28. The lowest BCUT2D eigenvalue weighted by Crippen LogP contribution is -2.34. The molecule has 0 aliphatic carbocycles. The fourth-order valence-corrected chi connectivity index (χ4v) is 4.11. The lowest BCUT2D eigenvalue weighted by atomic mass is 10.1. The van der Waals surface area contributed by atoms with Crippen LogP contribution in [0.15, 0.2) is 53.7 Å². The fourth-order valence-electron chi connectivity index (χ4n) is 3.70. The Morgan fingerprint density at radius 3 is 2.69 bits per heavy atom. The summed E-state index contributed by atoms with van der Waals surface area (Å²) in [6.45, 7) is 2.11. The highest BCUT2D eigenvalue weighted by atomic mass is 32.2. The maximum absolute atomic E-state index is 12.9. The van der Waals surface area contributed by atoms with E-state index >= 15 is 0 Å². The topological polar surface area (TPSA) is 93.0 Å². The zero-order chi connectivity index (χ0) is 22.3. The molecule has 2 amide bonds. The molecule has 8 nitrogen and oxygen atoms in total. The molecule has 0 bridgehead atoms. The fraction of sp³-hybridized carbons (Fsp3) is 0.348. The van der Waals surface area contributed by atoms with Crippen LogP contribution in [0.25, 0.3) is 0 Å². The third-order valence-electron chi connectivity index (χ3n) is 5.53. The summed E-state index contributed by atoms with van der Waals surface area (Å²) in [6.07, 6.45) is 7.18. The van der Waals surface area contributed by atoms with Crippen molar-refractivity contribution in [2.75, 3.05) is 19.3 Å². The van der Waals surface area contributed by atoms with Gasteiger partial charge < -0.3 is 14.8 Å². The Morgan fingerprint density at radius 1 is 1.09 bits per heavy atom. The number of carbonyl (C=O) groups is 2. The summed E-state index contributed by atoms with van der Waals surface area (Å²) in [5.74, 6) is 1.55. The number of amides is 2. The summed E-state index contributed by atoms with van der Waals surface area (Å²) < 4.78 is 2.02. The first-order chi connectivity index (χ1) is 15.6. The minimum absolute atomic E-state index is 0.0293. The highest BCUT2D eigenvalue weighted by molar-refractivity contribution is 7.98. The van der Waals surface area contributed by atoms with E-state index in [0.29, 0.717) is 56.8 Å². The number of pyridine rings is 1. The highest BCUT2D eigenvalue weighted by Crippen LogP contribution is 2.17. The largest absolute Gasteiger partial charge is 0.349 e. The Morgan fingerprint density at radius 2 is 1.94 bits per heavy atom. The number of benzene rings is 1. The van der Waals surface area contributed by atoms with Crippen LogP contribution >= 0.6 is 11.8 Å². The van der Waals surface area contributed by atoms with Gasteiger partial charge in [-0.15, -0.1) is 22.0 Å².